The zero-order valence-electron chi connectivity index (χ0n) is 21.3. The number of hydrogen-bond donors (Lipinski definition) is 4. The molecule has 0 fully saturated rings. The third kappa shape index (κ3) is 6.30. The number of carboxylic acid groups (broad SMARTS) is 1. The van der Waals surface area contributed by atoms with E-state index in [-0.39, 0.29) is 36.0 Å². The van der Waals surface area contributed by atoms with Crippen LogP contribution in [0.4, 0.5) is 29.3 Å². The van der Waals surface area contributed by atoms with Gasteiger partial charge in [0.1, 0.15) is 11.9 Å². The predicted molar refractivity (Wildman–Crippen MR) is 138 cm³/mol. The molecule has 1 aliphatic rings. The number of amides is 2. The van der Waals surface area contributed by atoms with Crippen molar-refractivity contribution in [3.8, 4) is 5.75 Å². The number of anilines is 2. The lowest BCUT2D eigenvalue weighted by atomic mass is 10.1. The first-order chi connectivity index (χ1) is 18.8. The Morgan fingerprint density at radius 2 is 1.98 bits per heavy atom. The maximum atomic E-state index is 13.6. The molecule has 40 heavy (non-hydrogen) atoms. The first-order valence-electron chi connectivity index (χ1n) is 12.0. The van der Waals surface area contributed by atoms with E-state index in [1.807, 2.05) is 13.8 Å². The van der Waals surface area contributed by atoms with E-state index in [9.17, 15) is 31.2 Å². The Hall–Kier alpha value is -4.27. The maximum absolute atomic E-state index is 13.6. The largest absolute Gasteiger partial charge is 0.486 e. The number of benzene rings is 2. The summed E-state index contributed by atoms with van der Waals surface area (Å²) in [7, 11) is -4.60. The fourth-order valence-electron chi connectivity index (χ4n) is 4.24. The highest BCUT2D eigenvalue weighted by Gasteiger charge is 2.37. The van der Waals surface area contributed by atoms with Gasteiger partial charge in [0.05, 0.1) is 35.3 Å². The molecular weight excluding hydrogens is 555 g/mol. The number of nitrogens with one attached hydrogen (secondary N) is 3. The third-order valence-corrected chi connectivity index (χ3v) is 7.88. The topological polar surface area (TPSA) is 154 Å². The Balaban J connectivity index is 1.62. The van der Waals surface area contributed by atoms with Crippen molar-refractivity contribution in [1.82, 2.24) is 15.5 Å². The smallest absolute Gasteiger partial charge is 0.416 e. The fourth-order valence-corrected chi connectivity index (χ4v) is 5.79. The van der Waals surface area contributed by atoms with Crippen molar-refractivity contribution in [3.05, 3.63) is 65.5 Å². The minimum atomic E-state index is -4.78. The molecule has 1 atom stereocenters. The molecule has 3 aromatic rings. The van der Waals surface area contributed by atoms with Crippen LogP contribution in [0.25, 0.3) is 0 Å². The van der Waals surface area contributed by atoms with Crippen LogP contribution < -0.4 is 19.7 Å². The van der Waals surface area contributed by atoms with Crippen LogP contribution in [0.1, 0.15) is 43.0 Å². The van der Waals surface area contributed by atoms with Crippen molar-refractivity contribution in [2.45, 2.75) is 49.9 Å². The van der Waals surface area contributed by atoms with Gasteiger partial charge in [-0.1, -0.05) is 19.9 Å². The standard InChI is InChI=1S/C25H26F3N5O6S/c1-14(2)23-15(12-30-32-23)11-29-22(34)10-18-13-33(20-9-17(31-24(35)36)6-7-21(20)39-18)40(37,38)19-5-3-4-16(8-19)25(26,27)28/h3-9,12,14,18,31H,10-11,13H2,1-2H3,(H,29,34)(H,30,32)(H,35,36). The van der Waals surface area contributed by atoms with Crippen LogP contribution in [0.2, 0.25) is 0 Å². The third-order valence-electron chi connectivity index (χ3n) is 6.11. The summed E-state index contributed by atoms with van der Waals surface area (Å²) in [5.74, 6) is -0.305. The van der Waals surface area contributed by atoms with Crippen LogP contribution in [0.5, 0.6) is 5.75 Å². The number of rotatable bonds is 8. The lowest BCUT2D eigenvalue weighted by Crippen LogP contribution is -2.45. The molecule has 1 aliphatic heterocycles. The zero-order valence-corrected chi connectivity index (χ0v) is 22.1. The van der Waals surface area contributed by atoms with E-state index in [0.717, 1.165) is 33.8 Å². The zero-order chi connectivity index (χ0) is 29.2. The van der Waals surface area contributed by atoms with Crippen molar-refractivity contribution < 1.29 is 41.0 Å². The van der Waals surface area contributed by atoms with Crippen molar-refractivity contribution in [2.24, 2.45) is 0 Å². The minimum Gasteiger partial charge on any atom is -0.486 e. The Labute approximate surface area is 227 Å². The summed E-state index contributed by atoms with van der Waals surface area (Å²) in [6, 6.07) is 7.11. The highest BCUT2D eigenvalue weighted by atomic mass is 32.2. The average molecular weight is 582 g/mol. The number of carbonyl (C=O) groups is 2. The number of carbonyl (C=O) groups excluding carboxylic acids is 1. The monoisotopic (exact) mass is 581 g/mol. The van der Waals surface area contributed by atoms with Gasteiger partial charge >= 0.3 is 12.3 Å². The second kappa shape index (κ2) is 11.1. The molecule has 0 radical (unpaired) electrons. The molecule has 2 amide bonds. The first-order valence-corrected chi connectivity index (χ1v) is 13.5. The van der Waals surface area contributed by atoms with Crippen LogP contribution >= 0.6 is 0 Å². The normalized spacial score (nSPS) is 15.3. The van der Waals surface area contributed by atoms with Gasteiger partial charge in [0.2, 0.25) is 5.91 Å². The van der Waals surface area contributed by atoms with Gasteiger partial charge in [0.15, 0.2) is 0 Å². The van der Waals surface area contributed by atoms with E-state index in [2.05, 4.69) is 20.8 Å². The molecule has 0 saturated carbocycles. The van der Waals surface area contributed by atoms with Gasteiger partial charge < -0.3 is 15.2 Å². The number of alkyl halides is 3. The van der Waals surface area contributed by atoms with Gasteiger partial charge in [-0.25, -0.2) is 13.2 Å². The molecule has 1 aromatic heterocycles. The Morgan fingerprint density at radius 3 is 2.65 bits per heavy atom. The SMILES string of the molecule is CC(C)c1[nH]ncc1CNC(=O)CC1CN(S(=O)(=O)c2cccc(C(F)(F)F)c2)c2cc(NC(=O)O)ccc2O1. The number of halogens is 3. The number of fused-ring (bicyclic) bond motifs is 1. The van der Waals surface area contributed by atoms with Crippen LogP contribution in [-0.2, 0) is 27.5 Å². The highest BCUT2D eigenvalue weighted by molar-refractivity contribution is 7.92. The van der Waals surface area contributed by atoms with Crippen LogP contribution in [0.3, 0.4) is 0 Å². The van der Waals surface area contributed by atoms with Gasteiger partial charge in [0, 0.05) is 23.5 Å². The highest BCUT2D eigenvalue weighted by Crippen LogP contribution is 2.40. The molecular formula is C25H26F3N5O6S. The molecule has 0 aliphatic carbocycles. The number of hydrogen-bond acceptors (Lipinski definition) is 6. The number of sulfonamides is 1. The Bertz CT molecular complexity index is 1520. The number of aromatic nitrogens is 2. The van der Waals surface area contributed by atoms with Crippen molar-refractivity contribution in [3.63, 3.8) is 0 Å². The van der Waals surface area contributed by atoms with Crippen LogP contribution in [-0.4, -0.2) is 48.4 Å². The predicted octanol–water partition coefficient (Wildman–Crippen LogP) is 4.30. The number of nitrogens with zero attached hydrogens (tertiary/aromatic N) is 2. The summed E-state index contributed by atoms with van der Waals surface area (Å²) in [6.07, 6.45) is -5.86. The average Bonchev–Trinajstić information content (AvgIpc) is 3.35. The fraction of sp³-hybridized carbons (Fsp3) is 0.320. The lowest BCUT2D eigenvalue weighted by molar-refractivity contribution is -0.137. The number of ether oxygens (including phenoxy) is 1. The Morgan fingerprint density at radius 1 is 1.23 bits per heavy atom. The van der Waals surface area contributed by atoms with E-state index in [1.54, 1.807) is 6.20 Å². The molecule has 11 nitrogen and oxygen atoms in total. The van der Waals surface area contributed by atoms with E-state index in [0.29, 0.717) is 6.07 Å². The van der Waals surface area contributed by atoms with Gasteiger partial charge in [-0.2, -0.15) is 18.3 Å². The molecule has 2 heterocycles. The number of aromatic amines is 1. The van der Waals surface area contributed by atoms with E-state index >= 15 is 0 Å². The second-order valence-corrected chi connectivity index (χ2v) is 11.2. The quantitative estimate of drug-likeness (QED) is 0.309. The van der Waals surface area contributed by atoms with Crippen molar-refractivity contribution >= 4 is 33.4 Å². The first kappa shape index (κ1) is 28.7. The maximum Gasteiger partial charge on any atom is 0.416 e. The van der Waals surface area contributed by atoms with E-state index in [4.69, 9.17) is 9.84 Å². The van der Waals surface area contributed by atoms with E-state index in [1.165, 1.54) is 18.2 Å². The molecule has 214 valence electrons. The Kier molecular flexibility index (Phi) is 7.95. The molecule has 0 bridgehead atoms. The van der Waals surface area contributed by atoms with Gasteiger partial charge in [-0.3, -0.25) is 19.5 Å². The van der Waals surface area contributed by atoms with Gasteiger partial charge in [0.25, 0.3) is 10.0 Å². The van der Waals surface area contributed by atoms with E-state index < -0.39 is 51.3 Å². The second-order valence-electron chi connectivity index (χ2n) is 9.36. The minimum absolute atomic E-state index is 0.00692. The molecule has 1 unspecified atom stereocenters. The van der Waals surface area contributed by atoms with Gasteiger partial charge in [-0.05, 0) is 42.3 Å². The summed E-state index contributed by atoms with van der Waals surface area (Å²) in [5.41, 5.74) is 0.397. The van der Waals surface area contributed by atoms with Crippen LogP contribution in [0, 0.1) is 0 Å². The summed E-state index contributed by atoms with van der Waals surface area (Å²) in [6.45, 7) is 3.67. The molecule has 2 aromatic carbocycles. The summed E-state index contributed by atoms with van der Waals surface area (Å²) < 4.78 is 73.9. The lowest BCUT2D eigenvalue weighted by Gasteiger charge is -2.35. The molecule has 0 spiro atoms. The van der Waals surface area contributed by atoms with Gasteiger partial charge in [-0.15, -0.1) is 0 Å². The summed E-state index contributed by atoms with van der Waals surface area (Å²) in [4.78, 5) is 23.3. The molecule has 0 saturated heterocycles. The van der Waals surface area contributed by atoms with Crippen LogP contribution in [0.15, 0.2) is 53.6 Å². The summed E-state index contributed by atoms with van der Waals surface area (Å²) >= 11 is 0. The number of H-pyrrole nitrogens is 1. The molecule has 4 N–H and O–H groups in total. The molecule has 4 rings (SSSR count). The van der Waals surface area contributed by atoms with Crippen molar-refractivity contribution in [2.75, 3.05) is 16.2 Å². The molecule has 15 heteroatoms. The van der Waals surface area contributed by atoms with Crippen molar-refractivity contribution in [1.29, 1.82) is 0 Å². The summed E-state index contributed by atoms with van der Waals surface area (Å²) in [5, 5.41) is 20.8.